The first kappa shape index (κ1) is 18.8. The molecule has 0 aliphatic carbocycles. The molecule has 0 saturated carbocycles. The number of H-pyrrole nitrogens is 1. The van der Waals surface area contributed by atoms with Crippen LogP contribution < -0.4 is 10.3 Å². The number of thioether (sulfide) groups is 1. The number of hydrogen-bond acceptors (Lipinski definition) is 5. The van der Waals surface area contributed by atoms with Gasteiger partial charge in [0, 0.05) is 11.8 Å². The van der Waals surface area contributed by atoms with Gasteiger partial charge in [-0.25, -0.2) is 0 Å². The van der Waals surface area contributed by atoms with E-state index in [1.807, 2.05) is 30.3 Å². The third-order valence-electron chi connectivity index (χ3n) is 4.59. The van der Waals surface area contributed by atoms with Crippen molar-refractivity contribution in [2.45, 2.75) is 17.9 Å². The number of carbonyl (C=O) groups excluding carboxylic acids is 1. The smallest absolute Gasteiger partial charge is 0.324 e. The number of imidazole rings is 1. The average Bonchev–Trinajstić information content (AvgIpc) is 3.12. The zero-order valence-corrected chi connectivity index (χ0v) is 16.4. The van der Waals surface area contributed by atoms with E-state index in [1.54, 1.807) is 31.2 Å². The lowest BCUT2D eigenvalue weighted by Gasteiger charge is -2.12. The Labute approximate surface area is 170 Å². The van der Waals surface area contributed by atoms with E-state index in [9.17, 15) is 14.9 Å². The number of carbonyl (C=O) groups is 1. The number of fused-ring (bicyclic) bond motifs is 3. The number of rotatable bonds is 5. The van der Waals surface area contributed by atoms with Crippen molar-refractivity contribution in [3.63, 3.8) is 0 Å². The van der Waals surface area contributed by atoms with Crippen molar-refractivity contribution in [1.29, 1.82) is 5.26 Å². The van der Waals surface area contributed by atoms with Crippen LogP contribution in [0.5, 0.6) is 5.75 Å². The first-order valence-corrected chi connectivity index (χ1v) is 10.1. The van der Waals surface area contributed by atoms with E-state index in [0.29, 0.717) is 28.3 Å². The number of ether oxygens (including phenoxy) is 1. The Kier molecular flexibility index (Phi) is 5.10. The molecule has 6 nitrogen and oxygen atoms in total. The van der Waals surface area contributed by atoms with Crippen molar-refractivity contribution in [3.8, 4) is 11.8 Å². The number of nitriles is 1. The molecule has 0 radical (unpaired) electrons. The van der Waals surface area contributed by atoms with E-state index in [1.165, 1.54) is 22.2 Å². The highest BCUT2D eigenvalue weighted by Gasteiger charge is 2.19. The maximum Gasteiger partial charge on any atom is 0.324 e. The molecule has 2 aromatic carbocycles. The fourth-order valence-corrected chi connectivity index (χ4v) is 3.97. The molecule has 0 aliphatic rings. The SMILES string of the molecule is C[C@@H](SCc1cc(=O)n2c([nH]c3ccccc32)c1C#N)C(=O)Oc1ccccc1. The Morgan fingerprint density at radius 1 is 1.21 bits per heavy atom. The molecule has 0 spiro atoms. The van der Waals surface area contributed by atoms with Gasteiger partial charge in [-0.2, -0.15) is 5.26 Å². The van der Waals surface area contributed by atoms with Crippen molar-refractivity contribution in [2.75, 3.05) is 0 Å². The number of pyridine rings is 1. The maximum atomic E-state index is 12.7. The van der Waals surface area contributed by atoms with E-state index in [0.717, 1.165) is 11.0 Å². The Bertz CT molecular complexity index is 1300. The van der Waals surface area contributed by atoms with Crippen LogP contribution in [0.2, 0.25) is 0 Å². The second kappa shape index (κ2) is 7.86. The molecular formula is C22H17N3O3S. The van der Waals surface area contributed by atoms with Crippen LogP contribution in [-0.4, -0.2) is 20.6 Å². The minimum absolute atomic E-state index is 0.216. The van der Waals surface area contributed by atoms with E-state index in [-0.39, 0.29) is 11.5 Å². The van der Waals surface area contributed by atoms with E-state index < -0.39 is 5.25 Å². The zero-order chi connectivity index (χ0) is 20.4. The number of para-hydroxylation sites is 3. The molecule has 0 bridgehead atoms. The summed E-state index contributed by atoms with van der Waals surface area (Å²) in [6, 6.07) is 19.9. The highest BCUT2D eigenvalue weighted by atomic mass is 32.2. The molecule has 29 heavy (non-hydrogen) atoms. The fourth-order valence-electron chi connectivity index (χ4n) is 3.13. The van der Waals surface area contributed by atoms with Crippen molar-refractivity contribution in [2.24, 2.45) is 0 Å². The largest absolute Gasteiger partial charge is 0.426 e. The molecule has 144 valence electrons. The summed E-state index contributed by atoms with van der Waals surface area (Å²) in [6.07, 6.45) is 0. The van der Waals surface area contributed by atoms with Crippen LogP contribution in [0.3, 0.4) is 0 Å². The summed E-state index contributed by atoms with van der Waals surface area (Å²) in [5.41, 5.74) is 2.75. The van der Waals surface area contributed by atoms with Gasteiger partial charge in [-0.15, -0.1) is 11.8 Å². The maximum absolute atomic E-state index is 12.7. The van der Waals surface area contributed by atoms with Crippen molar-refractivity contribution >= 4 is 34.4 Å². The van der Waals surface area contributed by atoms with Gasteiger partial charge < -0.3 is 9.72 Å². The molecular weight excluding hydrogens is 386 g/mol. The zero-order valence-electron chi connectivity index (χ0n) is 15.6. The fraction of sp³-hybridized carbons (Fsp3) is 0.136. The number of aromatic amines is 1. The highest BCUT2D eigenvalue weighted by Crippen LogP contribution is 2.25. The molecule has 0 saturated heterocycles. The highest BCUT2D eigenvalue weighted by molar-refractivity contribution is 7.99. The first-order valence-electron chi connectivity index (χ1n) is 9.02. The molecule has 2 heterocycles. The lowest BCUT2D eigenvalue weighted by atomic mass is 10.1. The van der Waals surface area contributed by atoms with Crippen LogP contribution in [0.15, 0.2) is 65.5 Å². The molecule has 4 rings (SSSR count). The average molecular weight is 403 g/mol. The number of hydrogen-bond donors (Lipinski definition) is 1. The second-order valence-corrected chi connectivity index (χ2v) is 7.84. The second-order valence-electron chi connectivity index (χ2n) is 6.51. The van der Waals surface area contributed by atoms with E-state index in [2.05, 4.69) is 11.1 Å². The Hall–Kier alpha value is -3.50. The predicted molar refractivity (Wildman–Crippen MR) is 113 cm³/mol. The summed E-state index contributed by atoms with van der Waals surface area (Å²) in [6.45, 7) is 1.75. The number of benzene rings is 2. The number of aromatic nitrogens is 2. The topological polar surface area (TPSA) is 87.4 Å². The molecule has 1 atom stereocenters. The lowest BCUT2D eigenvalue weighted by Crippen LogP contribution is -2.20. The first-order chi connectivity index (χ1) is 14.1. The minimum Gasteiger partial charge on any atom is -0.426 e. The molecule has 0 amide bonds. The molecule has 7 heteroatoms. The van der Waals surface area contributed by atoms with Crippen LogP contribution in [0.1, 0.15) is 18.1 Å². The van der Waals surface area contributed by atoms with Gasteiger partial charge in [0.2, 0.25) is 0 Å². The van der Waals surface area contributed by atoms with Crippen molar-refractivity contribution in [1.82, 2.24) is 9.38 Å². The lowest BCUT2D eigenvalue weighted by molar-refractivity contribution is -0.133. The Balaban J connectivity index is 1.59. The van der Waals surface area contributed by atoms with Gasteiger partial charge >= 0.3 is 5.97 Å². The van der Waals surface area contributed by atoms with Crippen LogP contribution in [-0.2, 0) is 10.5 Å². The summed E-state index contributed by atoms with van der Waals surface area (Å²) < 4.78 is 6.87. The molecule has 1 N–H and O–H groups in total. The number of nitrogens with zero attached hydrogens (tertiary/aromatic N) is 2. The van der Waals surface area contributed by atoms with Gasteiger partial charge in [-0.1, -0.05) is 30.3 Å². The number of esters is 1. The summed E-state index contributed by atoms with van der Waals surface area (Å²) in [7, 11) is 0. The Morgan fingerprint density at radius 2 is 1.93 bits per heavy atom. The van der Waals surface area contributed by atoms with Crippen LogP contribution in [0.25, 0.3) is 16.7 Å². The van der Waals surface area contributed by atoms with Crippen molar-refractivity contribution in [3.05, 3.63) is 82.1 Å². The van der Waals surface area contributed by atoms with Crippen LogP contribution in [0.4, 0.5) is 0 Å². The molecule has 0 fully saturated rings. The minimum atomic E-state index is -0.456. The van der Waals surface area contributed by atoms with E-state index >= 15 is 0 Å². The normalized spacial score (nSPS) is 12.0. The summed E-state index contributed by atoms with van der Waals surface area (Å²) in [5, 5.41) is 9.26. The van der Waals surface area contributed by atoms with Crippen molar-refractivity contribution < 1.29 is 9.53 Å². The van der Waals surface area contributed by atoms with Gasteiger partial charge in [-0.05, 0) is 36.8 Å². The summed E-state index contributed by atoms with van der Waals surface area (Å²) in [5.74, 6) is 0.457. The monoisotopic (exact) mass is 403 g/mol. The van der Waals surface area contributed by atoms with Gasteiger partial charge in [-0.3, -0.25) is 14.0 Å². The third-order valence-corrected chi connectivity index (χ3v) is 5.76. The quantitative estimate of drug-likeness (QED) is 0.404. The summed E-state index contributed by atoms with van der Waals surface area (Å²) >= 11 is 1.32. The predicted octanol–water partition coefficient (Wildman–Crippen LogP) is 3.88. The van der Waals surface area contributed by atoms with E-state index in [4.69, 9.17) is 4.74 Å². The van der Waals surface area contributed by atoms with Gasteiger partial charge in [0.1, 0.15) is 22.7 Å². The van der Waals surface area contributed by atoms with Gasteiger partial charge in [0.05, 0.1) is 16.6 Å². The number of nitrogens with one attached hydrogen (secondary N) is 1. The molecule has 4 aromatic rings. The summed E-state index contributed by atoms with van der Waals surface area (Å²) in [4.78, 5) is 28.2. The van der Waals surface area contributed by atoms with Gasteiger partial charge in [0.25, 0.3) is 5.56 Å². The van der Waals surface area contributed by atoms with Gasteiger partial charge in [0.15, 0.2) is 0 Å². The Morgan fingerprint density at radius 3 is 2.69 bits per heavy atom. The standard InChI is InChI=1S/C22H17N3O3S/c1-14(22(27)28-16-7-3-2-4-8-16)29-13-15-11-20(26)25-19-10-6-5-9-18(19)24-21(25)17(15)12-23/h2-11,14,24H,13H2,1H3/t14-/m1/s1. The third kappa shape index (κ3) is 3.62. The van der Waals surface area contributed by atoms with Crippen LogP contribution in [0, 0.1) is 11.3 Å². The molecule has 0 aliphatic heterocycles. The molecule has 0 unspecified atom stereocenters. The van der Waals surface area contributed by atoms with Crippen LogP contribution >= 0.6 is 11.8 Å². The molecule has 2 aromatic heterocycles.